The van der Waals surface area contributed by atoms with Crippen molar-refractivity contribution in [3.05, 3.63) is 0 Å². The third kappa shape index (κ3) is 6.01. The highest BCUT2D eigenvalue weighted by Crippen LogP contribution is 2.21. The maximum absolute atomic E-state index is 12.3. The lowest BCUT2D eigenvalue weighted by Gasteiger charge is -2.39. The second-order valence-corrected chi connectivity index (χ2v) is 8.81. The van der Waals surface area contributed by atoms with Gasteiger partial charge in [0.25, 0.3) is 0 Å². The van der Waals surface area contributed by atoms with Gasteiger partial charge in [-0.25, -0.2) is 0 Å². The number of likely N-dealkylation sites (tertiary alicyclic amines) is 1. The van der Waals surface area contributed by atoms with Gasteiger partial charge in [-0.3, -0.25) is 9.69 Å². The number of piperidine rings is 1. The highest BCUT2D eigenvalue weighted by molar-refractivity contribution is 5.76. The van der Waals surface area contributed by atoms with Crippen LogP contribution in [0.5, 0.6) is 0 Å². The van der Waals surface area contributed by atoms with Crippen molar-refractivity contribution >= 4 is 5.91 Å². The number of rotatable bonds is 5. The minimum absolute atomic E-state index is 0.0798. The Kier molecular flexibility index (Phi) is 7.08. The summed E-state index contributed by atoms with van der Waals surface area (Å²) in [6, 6.07) is 1.58. The number of nitrogens with one attached hydrogen (secondary N) is 1. The van der Waals surface area contributed by atoms with Gasteiger partial charge in [0.05, 0.1) is 13.2 Å². The van der Waals surface area contributed by atoms with Gasteiger partial charge >= 0.3 is 0 Å². The summed E-state index contributed by atoms with van der Waals surface area (Å²) in [6.45, 7) is 16.5. The molecule has 0 bridgehead atoms. The van der Waals surface area contributed by atoms with Crippen LogP contribution in [0.4, 0.5) is 0 Å². The molecule has 2 saturated heterocycles. The first kappa shape index (κ1) is 19.7. The van der Waals surface area contributed by atoms with Crippen LogP contribution in [0.25, 0.3) is 0 Å². The second-order valence-electron chi connectivity index (χ2n) is 8.81. The monoisotopic (exact) mass is 339 g/mol. The molecule has 0 unspecified atom stereocenters. The number of hydrogen-bond donors (Lipinski definition) is 1. The minimum Gasteiger partial charge on any atom is -0.379 e. The minimum atomic E-state index is 0.0798. The Morgan fingerprint density at radius 3 is 2.50 bits per heavy atom. The van der Waals surface area contributed by atoms with E-state index in [0.29, 0.717) is 30.5 Å². The van der Waals surface area contributed by atoms with Crippen molar-refractivity contribution in [1.29, 1.82) is 0 Å². The number of nitrogens with zero attached hydrogens (tertiary/aromatic N) is 2. The molecule has 2 fully saturated rings. The average Bonchev–Trinajstić information content (AvgIpc) is 2.52. The molecule has 0 spiro atoms. The van der Waals surface area contributed by atoms with Gasteiger partial charge in [0.15, 0.2) is 0 Å². The van der Waals surface area contributed by atoms with Crippen molar-refractivity contribution in [2.45, 2.75) is 72.0 Å². The van der Waals surface area contributed by atoms with E-state index in [4.69, 9.17) is 4.74 Å². The van der Waals surface area contributed by atoms with Gasteiger partial charge in [-0.1, -0.05) is 20.8 Å². The number of hydrogen-bond acceptors (Lipinski definition) is 4. The molecule has 0 aromatic heterocycles. The van der Waals surface area contributed by atoms with Crippen LogP contribution in [0.15, 0.2) is 0 Å². The number of amides is 1. The molecule has 2 heterocycles. The summed E-state index contributed by atoms with van der Waals surface area (Å²) in [5, 5.41) is 3.73. The summed E-state index contributed by atoms with van der Waals surface area (Å²) in [5.74, 6) is 0.316. The molecule has 1 N–H and O–H groups in total. The zero-order valence-electron chi connectivity index (χ0n) is 16.3. The van der Waals surface area contributed by atoms with E-state index in [0.717, 1.165) is 52.2 Å². The van der Waals surface area contributed by atoms with Crippen LogP contribution < -0.4 is 5.32 Å². The van der Waals surface area contributed by atoms with Crippen molar-refractivity contribution in [3.8, 4) is 0 Å². The van der Waals surface area contributed by atoms with E-state index < -0.39 is 0 Å². The van der Waals surface area contributed by atoms with Crippen molar-refractivity contribution in [2.24, 2.45) is 5.41 Å². The van der Waals surface area contributed by atoms with Gasteiger partial charge in [0.1, 0.15) is 0 Å². The fraction of sp³-hybridized carbons (Fsp3) is 0.947. The Hall–Kier alpha value is -0.650. The molecule has 2 aliphatic heterocycles. The first-order chi connectivity index (χ1) is 11.3. The molecule has 1 amide bonds. The maximum atomic E-state index is 12.3. The van der Waals surface area contributed by atoms with E-state index in [2.05, 4.69) is 49.7 Å². The molecule has 0 aliphatic carbocycles. The molecule has 0 saturated carbocycles. The Morgan fingerprint density at radius 2 is 1.92 bits per heavy atom. The fourth-order valence-corrected chi connectivity index (χ4v) is 3.75. The summed E-state index contributed by atoms with van der Waals surface area (Å²) >= 11 is 0. The van der Waals surface area contributed by atoms with Crippen LogP contribution in [0.1, 0.15) is 53.9 Å². The maximum Gasteiger partial charge on any atom is 0.223 e. The lowest BCUT2D eigenvalue weighted by atomic mass is 9.91. The molecular weight excluding hydrogens is 302 g/mol. The molecular formula is C19H37N3O2. The van der Waals surface area contributed by atoms with Crippen LogP contribution in [0.3, 0.4) is 0 Å². The highest BCUT2D eigenvalue weighted by atomic mass is 16.5. The predicted octanol–water partition coefficient (Wildman–Crippen LogP) is 2.11. The molecule has 0 aromatic rings. The van der Waals surface area contributed by atoms with Crippen LogP contribution in [0, 0.1) is 5.41 Å². The van der Waals surface area contributed by atoms with E-state index in [1.807, 2.05) is 0 Å². The quantitative estimate of drug-likeness (QED) is 0.833. The zero-order valence-corrected chi connectivity index (χ0v) is 16.3. The van der Waals surface area contributed by atoms with Crippen molar-refractivity contribution < 1.29 is 9.53 Å². The molecule has 5 nitrogen and oxygen atoms in total. The molecule has 140 valence electrons. The smallest absolute Gasteiger partial charge is 0.223 e. The van der Waals surface area contributed by atoms with Gasteiger partial charge in [0.2, 0.25) is 5.91 Å². The van der Waals surface area contributed by atoms with Gasteiger partial charge in [-0.2, -0.15) is 0 Å². The largest absolute Gasteiger partial charge is 0.379 e. The molecule has 0 aromatic carbocycles. The van der Waals surface area contributed by atoms with Crippen LogP contribution in [-0.4, -0.2) is 73.2 Å². The van der Waals surface area contributed by atoms with Gasteiger partial charge in [0, 0.05) is 50.7 Å². The van der Waals surface area contributed by atoms with Crippen LogP contribution in [-0.2, 0) is 9.53 Å². The molecule has 5 heteroatoms. The predicted molar refractivity (Wildman–Crippen MR) is 98.1 cm³/mol. The number of carbonyl (C=O) groups is 1. The molecule has 2 atom stereocenters. The lowest BCUT2D eigenvalue weighted by molar-refractivity contribution is -0.134. The number of carbonyl (C=O) groups excluding carboxylic acids is 1. The summed E-state index contributed by atoms with van der Waals surface area (Å²) in [4.78, 5) is 16.9. The molecule has 0 radical (unpaired) electrons. The summed E-state index contributed by atoms with van der Waals surface area (Å²) in [7, 11) is 0. The molecule has 2 rings (SSSR count). The van der Waals surface area contributed by atoms with E-state index in [1.165, 1.54) is 0 Å². The van der Waals surface area contributed by atoms with E-state index in [-0.39, 0.29) is 5.41 Å². The van der Waals surface area contributed by atoms with Crippen molar-refractivity contribution in [3.63, 3.8) is 0 Å². The van der Waals surface area contributed by atoms with Gasteiger partial charge in [-0.05, 0) is 32.1 Å². The Labute approximate surface area is 148 Å². The van der Waals surface area contributed by atoms with Gasteiger partial charge in [-0.15, -0.1) is 0 Å². The average molecular weight is 340 g/mol. The topological polar surface area (TPSA) is 44.8 Å². The number of ether oxygens (including phenoxy) is 1. The fourth-order valence-electron chi connectivity index (χ4n) is 3.75. The Balaban J connectivity index is 1.68. The third-order valence-corrected chi connectivity index (χ3v) is 5.22. The normalized spacial score (nSPS) is 25.7. The molecule has 2 aliphatic rings. The molecule has 24 heavy (non-hydrogen) atoms. The van der Waals surface area contributed by atoms with Crippen LogP contribution in [0.2, 0.25) is 0 Å². The highest BCUT2D eigenvalue weighted by Gasteiger charge is 2.27. The second kappa shape index (κ2) is 8.63. The standard InChI is InChI=1S/C19H37N3O2/c1-15(22-10-11-24-14-16(22)2)13-20-17-6-8-21(9-7-17)18(23)12-19(3,4)5/h15-17,20H,6-14H2,1-5H3/t15-,16+/m1/s1. The third-order valence-electron chi connectivity index (χ3n) is 5.22. The number of morpholine rings is 1. The summed E-state index contributed by atoms with van der Waals surface area (Å²) in [6.07, 6.45) is 2.79. The Morgan fingerprint density at radius 1 is 1.25 bits per heavy atom. The van der Waals surface area contributed by atoms with Crippen molar-refractivity contribution in [2.75, 3.05) is 39.4 Å². The summed E-state index contributed by atoms with van der Waals surface area (Å²) in [5.41, 5.74) is 0.0798. The van der Waals surface area contributed by atoms with Crippen molar-refractivity contribution in [1.82, 2.24) is 15.1 Å². The van der Waals surface area contributed by atoms with Gasteiger partial charge < -0.3 is 15.0 Å². The van der Waals surface area contributed by atoms with E-state index in [1.54, 1.807) is 0 Å². The first-order valence-electron chi connectivity index (χ1n) is 9.61. The summed E-state index contributed by atoms with van der Waals surface area (Å²) < 4.78 is 5.53. The van der Waals surface area contributed by atoms with E-state index in [9.17, 15) is 4.79 Å². The van der Waals surface area contributed by atoms with Crippen LogP contribution >= 0.6 is 0 Å². The lowest BCUT2D eigenvalue weighted by Crippen LogP contribution is -2.53. The van der Waals surface area contributed by atoms with E-state index >= 15 is 0 Å². The Bertz CT molecular complexity index is 400. The zero-order chi connectivity index (χ0) is 17.7. The SMILES string of the molecule is C[C@H](CNC1CCN(C(=O)CC(C)(C)C)CC1)N1CCOC[C@@H]1C. The first-order valence-corrected chi connectivity index (χ1v) is 9.61.